The molecule has 16 heavy (non-hydrogen) atoms. The minimum Gasteiger partial charge on any atom is -0.298 e. The molecule has 88 valence electrons. The topological polar surface area (TPSA) is 17.1 Å². The summed E-state index contributed by atoms with van der Waals surface area (Å²) < 4.78 is 0. The fourth-order valence-electron chi connectivity index (χ4n) is 3.40. The van der Waals surface area contributed by atoms with Crippen LogP contribution < -0.4 is 0 Å². The first-order valence-electron chi connectivity index (χ1n) is 6.40. The van der Waals surface area contributed by atoms with Crippen LogP contribution in [0.3, 0.4) is 0 Å². The maximum atomic E-state index is 10.5. The normalized spacial score (nSPS) is 34.8. The van der Waals surface area contributed by atoms with Gasteiger partial charge in [-0.25, -0.2) is 0 Å². The summed E-state index contributed by atoms with van der Waals surface area (Å²) >= 11 is 0. The minimum atomic E-state index is 0.611. The molecule has 2 aliphatic rings. The zero-order valence-corrected chi connectivity index (χ0v) is 10.5. The van der Waals surface area contributed by atoms with Gasteiger partial charge in [0.15, 0.2) is 0 Å². The summed E-state index contributed by atoms with van der Waals surface area (Å²) in [6.07, 6.45) is 9.26. The monoisotopic (exact) mass is 218 g/mol. The lowest BCUT2D eigenvalue weighted by Gasteiger charge is -2.20. The third kappa shape index (κ3) is 1.88. The maximum Gasteiger partial charge on any atom is 0.145 e. The van der Waals surface area contributed by atoms with Crippen molar-refractivity contribution in [2.24, 2.45) is 17.3 Å². The Kier molecular flexibility index (Phi) is 3.05. The Labute approximate surface area is 98.6 Å². The Hall–Kier alpha value is -0.850. The number of carbonyl (C=O) groups excluding carboxylic acids is 1. The lowest BCUT2D eigenvalue weighted by Crippen LogP contribution is -2.11. The Morgan fingerprint density at radius 2 is 2.44 bits per heavy atom. The Bertz CT molecular complexity index is 339. The standard InChI is InChI=1S/C15H22O/c1-11(10-16)5-4-6-13(3)15-8-7-12(2)14(15)9-15/h5,10,13-14H,2,4,6-9H2,1,3H3/b11-5+/t13-,14+,15+/m0/s1. The van der Waals surface area contributed by atoms with E-state index in [1.165, 1.54) is 31.3 Å². The average Bonchev–Trinajstić information content (AvgIpc) is 2.94. The predicted octanol–water partition coefficient (Wildman–Crippen LogP) is 3.90. The second-order valence-electron chi connectivity index (χ2n) is 5.69. The smallest absolute Gasteiger partial charge is 0.145 e. The molecule has 0 spiro atoms. The van der Waals surface area contributed by atoms with Crippen LogP contribution in [0.4, 0.5) is 0 Å². The predicted molar refractivity (Wildman–Crippen MR) is 67.1 cm³/mol. The number of carbonyl (C=O) groups is 1. The Morgan fingerprint density at radius 1 is 1.69 bits per heavy atom. The highest BCUT2D eigenvalue weighted by Crippen LogP contribution is 2.69. The number of hydrogen-bond acceptors (Lipinski definition) is 1. The van der Waals surface area contributed by atoms with Crippen LogP contribution in [0.25, 0.3) is 0 Å². The molecule has 0 heterocycles. The van der Waals surface area contributed by atoms with Crippen molar-refractivity contribution < 1.29 is 4.79 Å². The molecule has 2 fully saturated rings. The first kappa shape index (κ1) is 11.6. The molecule has 2 saturated carbocycles. The first-order chi connectivity index (χ1) is 7.60. The molecule has 0 radical (unpaired) electrons. The van der Waals surface area contributed by atoms with Crippen LogP contribution in [0.5, 0.6) is 0 Å². The van der Waals surface area contributed by atoms with Crippen LogP contribution in [0.15, 0.2) is 23.8 Å². The van der Waals surface area contributed by atoms with E-state index in [0.29, 0.717) is 5.41 Å². The molecule has 2 rings (SSSR count). The van der Waals surface area contributed by atoms with Crippen molar-refractivity contribution in [1.29, 1.82) is 0 Å². The van der Waals surface area contributed by atoms with E-state index in [9.17, 15) is 4.79 Å². The van der Waals surface area contributed by atoms with Crippen LogP contribution in [0.1, 0.15) is 46.0 Å². The Morgan fingerprint density at radius 3 is 2.94 bits per heavy atom. The van der Waals surface area contributed by atoms with Crippen LogP contribution >= 0.6 is 0 Å². The second-order valence-corrected chi connectivity index (χ2v) is 5.69. The molecule has 3 atom stereocenters. The quantitative estimate of drug-likeness (QED) is 0.388. The van der Waals surface area contributed by atoms with Crippen molar-refractivity contribution in [1.82, 2.24) is 0 Å². The number of hydrogen-bond donors (Lipinski definition) is 0. The highest BCUT2D eigenvalue weighted by molar-refractivity contribution is 5.71. The van der Waals surface area contributed by atoms with Crippen molar-refractivity contribution >= 4 is 6.29 Å². The van der Waals surface area contributed by atoms with E-state index in [1.807, 2.05) is 6.92 Å². The van der Waals surface area contributed by atoms with Gasteiger partial charge in [0.25, 0.3) is 0 Å². The van der Waals surface area contributed by atoms with Gasteiger partial charge in [-0.1, -0.05) is 25.2 Å². The van der Waals surface area contributed by atoms with E-state index in [4.69, 9.17) is 0 Å². The summed E-state index contributed by atoms with van der Waals surface area (Å²) in [6, 6.07) is 0. The number of allylic oxidation sites excluding steroid dienone is 3. The van der Waals surface area contributed by atoms with E-state index in [2.05, 4.69) is 19.6 Å². The molecular formula is C15H22O. The minimum absolute atomic E-state index is 0.611. The van der Waals surface area contributed by atoms with E-state index in [-0.39, 0.29) is 0 Å². The van der Waals surface area contributed by atoms with Crippen LogP contribution in [-0.4, -0.2) is 6.29 Å². The molecule has 1 nitrogen and oxygen atoms in total. The van der Waals surface area contributed by atoms with Gasteiger partial charge in [0.1, 0.15) is 6.29 Å². The molecule has 0 aliphatic heterocycles. The van der Waals surface area contributed by atoms with Gasteiger partial charge in [-0.05, 0) is 61.9 Å². The van der Waals surface area contributed by atoms with Crippen molar-refractivity contribution in [3.8, 4) is 0 Å². The fraction of sp³-hybridized carbons (Fsp3) is 0.667. The molecular weight excluding hydrogens is 196 g/mol. The summed E-state index contributed by atoms with van der Waals surface area (Å²) in [5, 5.41) is 0. The largest absolute Gasteiger partial charge is 0.298 e. The van der Waals surface area contributed by atoms with E-state index in [1.54, 1.807) is 0 Å². The van der Waals surface area contributed by atoms with Crippen molar-refractivity contribution in [3.63, 3.8) is 0 Å². The average molecular weight is 218 g/mol. The van der Waals surface area contributed by atoms with Gasteiger partial charge >= 0.3 is 0 Å². The SMILES string of the molecule is C=C1CC[C@]2([C@@H](C)CC/C=C(\C)C=O)C[C@H]12. The van der Waals surface area contributed by atoms with Gasteiger partial charge < -0.3 is 0 Å². The first-order valence-corrected chi connectivity index (χ1v) is 6.40. The highest BCUT2D eigenvalue weighted by atomic mass is 16.1. The molecule has 0 bridgehead atoms. The van der Waals surface area contributed by atoms with E-state index < -0.39 is 0 Å². The summed E-state index contributed by atoms with van der Waals surface area (Å²) in [6.45, 7) is 8.43. The Balaban J connectivity index is 1.84. The van der Waals surface area contributed by atoms with Crippen LogP contribution in [0.2, 0.25) is 0 Å². The molecule has 0 aromatic heterocycles. The van der Waals surface area contributed by atoms with Gasteiger partial charge in [-0.15, -0.1) is 0 Å². The van der Waals surface area contributed by atoms with E-state index >= 15 is 0 Å². The number of fused-ring (bicyclic) bond motifs is 1. The van der Waals surface area contributed by atoms with Gasteiger partial charge in [-0.3, -0.25) is 4.79 Å². The highest BCUT2D eigenvalue weighted by Gasteiger charge is 2.60. The van der Waals surface area contributed by atoms with E-state index in [0.717, 1.165) is 30.1 Å². The van der Waals surface area contributed by atoms with Crippen molar-refractivity contribution in [2.75, 3.05) is 0 Å². The zero-order valence-electron chi connectivity index (χ0n) is 10.5. The third-order valence-corrected chi connectivity index (χ3v) is 4.76. The lowest BCUT2D eigenvalue weighted by molar-refractivity contribution is -0.104. The molecule has 0 N–H and O–H groups in total. The summed E-state index contributed by atoms with van der Waals surface area (Å²) in [7, 11) is 0. The third-order valence-electron chi connectivity index (χ3n) is 4.76. The fourth-order valence-corrected chi connectivity index (χ4v) is 3.40. The van der Waals surface area contributed by atoms with Gasteiger partial charge in [0.2, 0.25) is 0 Å². The molecule has 2 aliphatic carbocycles. The number of rotatable bonds is 5. The van der Waals surface area contributed by atoms with Gasteiger partial charge in [-0.2, -0.15) is 0 Å². The van der Waals surface area contributed by atoms with Crippen molar-refractivity contribution in [2.45, 2.75) is 46.0 Å². The molecule has 1 heteroatoms. The van der Waals surface area contributed by atoms with Crippen LogP contribution in [0, 0.1) is 17.3 Å². The van der Waals surface area contributed by atoms with Crippen LogP contribution in [-0.2, 0) is 4.79 Å². The molecule has 0 amide bonds. The second kappa shape index (κ2) is 4.20. The molecule has 0 aromatic carbocycles. The van der Waals surface area contributed by atoms with Gasteiger partial charge in [0, 0.05) is 0 Å². The summed E-state index contributed by atoms with van der Waals surface area (Å²) in [5.41, 5.74) is 2.97. The summed E-state index contributed by atoms with van der Waals surface area (Å²) in [5.74, 6) is 1.62. The molecule has 0 unspecified atom stereocenters. The zero-order chi connectivity index (χ0) is 11.8. The number of aldehydes is 1. The summed E-state index contributed by atoms with van der Waals surface area (Å²) in [4.78, 5) is 10.5. The molecule has 0 saturated heterocycles. The molecule has 0 aromatic rings. The maximum absolute atomic E-state index is 10.5. The van der Waals surface area contributed by atoms with Gasteiger partial charge in [0.05, 0.1) is 0 Å². The van der Waals surface area contributed by atoms with Crippen molar-refractivity contribution in [3.05, 3.63) is 23.8 Å². The lowest BCUT2D eigenvalue weighted by atomic mass is 9.85.